The third kappa shape index (κ3) is 3.90. The van der Waals surface area contributed by atoms with Gasteiger partial charge in [0.25, 0.3) is 0 Å². The third-order valence-corrected chi connectivity index (χ3v) is 3.66. The highest BCUT2D eigenvalue weighted by atomic mass is 79.9. The number of nitrogens with one attached hydrogen (secondary N) is 1. The zero-order chi connectivity index (χ0) is 14.5. The van der Waals surface area contributed by atoms with Crippen LogP contribution in [0.4, 0.5) is 4.39 Å². The predicted octanol–water partition coefficient (Wildman–Crippen LogP) is 3.64. The van der Waals surface area contributed by atoms with Crippen molar-refractivity contribution in [3.63, 3.8) is 0 Å². The van der Waals surface area contributed by atoms with E-state index in [9.17, 15) is 4.39 Å². The molecule has 3 nitrogen and oxygen atoms in total. The Hall–Kier alpha value is -1.20. The Labute approximate surface area is 127 Å². The van der Waals surface area contributed by atoms with Gasteiger partial charge in [-0.15, -0.1) is 0 Å². The normalized spacial score (nSPS) is 11.0. The minimum atomic E-state index is -0.232. The molecule has 0 aliphatic carbocycles. The zero-order valence-electron chi connectivity index (χ0n) is 11.8. The van der Waals surface area contributed by atoms with Crippen LogP contribution in [0.2, 0.25) is 0 Å². The summed E-state index contributed by atoms with van der Waals surface area (Å²) in [6, 6.07) is 4.92. The van der Waals surface area contributed by atoms with Gasteiger partial charge in [-0.3, -0.25) is 4.68 Å². The molecule has 1 heterocycles. The number of nitrogens with zero attached hydrogens (tertiary/aromatic N) is 2. The van der Waals surface area contributed by atoms with Gasteiger partial charge in [-0.05, 0) is 43.7 Å². The van der Waals surface area contributed by atoms with Gasteiger partial charge < -0.3 is 5.32 Å². The van der Waals surface area contributed by atoms with Crippen molar-refractivity contribution in [2.75, 3.05) is 6.54 Å². The van der Waals surface area contributed by atoms with Crippen LogP contribution in [0.5, 0.6) is 0 Å². The third-order valence-electron chi connectivity index (χ3n) is 3.20. The van der Waals surface area contributed by atoms with E-state index in [0.717, 1.165) is 35.2 Å². The summed E-state index contributed by atoms with van der Waals surface area (Å²) in [5.74, 6) is -0.232. The van der Waals surface area contributed by atoms with Gasteiger partial charge in [0.05, 0.1) is 12.7 Å². The van der Waals surface area contributed by atoms with Crippen LogP contribution >= 0.6 is 15.9 Å². The Bertz CT molecular complexity index is 560. The van der Waals surface area contributed by atoms with Crippen LogP contribution in [0.15, 0.2) is 28.9 Å². The molecule has 2 rings (SSSR count). The highest BCUT2D eigenvalue weighted by molar-refractivity contribution is 9.10. The summed E-state index contributed by atoms with van der Waals surface area (Å²) in [7, 11) is 0. The molecule has 0 spiro atoms. The molecule has 1 aromatic carbocycles. The summed E-state index contributed by atoms with van der Waals surface area (Å²) >= 11 is 3.31. The van der Waals surface area contributed by atoms with Gasteiger partial charge >= 0.3 is 0 Å². The Morgan fingerprint density at radius 1 is 1.35 bits per heavy atom. The second-order valence-electron chi connectivity index (χ2n) is 4.87. The van der Waals surface area contributed by atoms with Crippen LogP contribution in [0.25, 0.3) is 0 Å². The average Bonchev–Trinajstić information content (AvgIpc) is 2.71. The minimum absolute atomic E-state index is 0.232. The number of hydrogen-bond donors (Lipinski definition) is 1. The molecule has 2 aromatic rings. The van der Waals surface area contributed by atoms with E-state index in [0.29, 0.717) is 6.54 Å². The molecule has 20 heavy (non-hydrogen) atoms. The van der Waals surface area contributed by atoms with Crippen LogP contribution in [0.1, 0.15) is 30.2 Å². The highest BCUT2D eigenvalue weighted by Crippen LogP contribution is 2.17. The molecule has 5 heteroatoms. The first kappa shape index (κ1) is 15.2. The summed E-state index contributed by atoms with van der Waals surface area (Å²) in [5, 5.41) is 7.75. The Kier molecular flexibility index (Phi) is 5.31. The largest absolute Gasteiger partial charge is 0.313 e. The lowest BCUT2D eigenvalue weighted by molar-refractivity contribution is 0.614. The molecular formula is C15H19BrFN3. The molecule has 0 unspecified atom stereocenters. The fraction of sp³-hybridized carbons (Fsp3) is 0.400. The van der Waals surface area contributed by atoms with Crippen molar-refractivity contribution in [3.8, 4) is 0 Å². The van der Waals surface area contributed by atoms with Crippen molar-refractivity contribution in [1.29, 1.82) is 0 Å². The van der Waals surface area contributed by atoms with E-state index in [1.165, 1.54) is 11.6 Å². The van der Waals surface area contributed by atoms with Crippen LogP contribution in [0.3, 0.4) is 0 Å². The molecule has 0 saturated heterocycles. The van der Waals surface area contributed by atoms with Gasteiger partial charge in [0.1, 0.15) is 5.82 Å². The minimum Gasteiger partial charge on any atom is -0.313 e. The van der Waals surface area contributed by atoms with Gasteiger partial charge in [0.15, 0.2) is 0 Å². The number of benzene rings is 1. The lowest BCUT2D eigenvalue weighted by atomic mass is 10.2. The summed E-state index contributed by atoms with van der Waals surface area (Å²) in [6.45, 7) is 6.60. The van der Waals surface area contributed by atoms with Crippen molar-refractivity contribution in [1.82, 2.24) is 15.1 Å². The number of halogens is 2. The smallest absolute Gasteiger partial charge is 0.124 e. The lowest BCUT2D eigenvalue weighted by Crippen LogP contribution is -2.14. The topological polar surface area (TPSA) is 29.9 Å². The SMILES string of the molecule is CCCNCc1cnn(Cc2cc(F)cc(Br)c2)c1C. The maximum absolute atomic E-state index is 13.4. The molecule has 0 amide bonds. The van der Waals surface area contributed by atoms with E-state index in [1.54, 1.807) is 6.07 Å². The molecule has 1 aromatic heterocycles. The molecule has 0 bridgehead atoms. The quantitative estimate of drug-likeness (QED) is 0.814. The molecule has 108 valence electrons. The monoisotopic (exact) mass is 339 g/mol. The molecule has 0 radical (unpaired) electrons. The van der Waals surface area contributed by atoms with Crippen LogP contribution in [-0.2, 0) is 13.1 Å². The summed E-state index contributed by atoms with van der Waals surface area (Å²) in [5.41, 5.74) is 3.21. The number of hydrogen-bond acceptors (Lipinski definition) is 2. The summed E-state index contributed by atoms with van der Waals surface area (Å²) < 4.78 is 16.0. The maximum Gasteiger partial charge on any atom is 0.124 e. The average molecular weight is 340 g/mol. The van der Waals surface area contributed by atoms with Crippen LogP contribution < -0.4 is 5.32 Å². The van der Waals surface area contributed by atoms with E-state index in [1.807, 2.05) is 23.9 Å². The summed E-state index contributed by atoms with van der Waals surface area (Å²) in [6.07, 6.45) is 3.00. The van der Waals surface area contributed by atoms with E-state index < -0.39 is 0 Å². The predicted molar refractivity (Wildman–Crippen MR) is 82.2 cm³/mol. The Balaban J connectivity index is 2.09. The van der Waals surface area contributed by atoms with E-state index >= 15 is 0 Å². The highest BCUT2D eigenvalue weighted by Gasteiger charge is 2.07. The Morgan fingerprint density at radius 2 is 2.15 bits per heavy atom. The van der Waals surface area contributed by atoms with E-state index in [-0.39, 0.29) is 5.82 Å². The first-order chi connectivity index (χ1) is 9.60. The van der Waals surface area contributed by atoms with E-state index in [2.05, 4.69) is 33.3 Å². The van der Waals surface area contributed by atoms with Gasteiger partial charge in [-0.25, -0.2) is 4.39 Å². The van der Waals surface area contributed by atoms with Gasteiger partial charge in [0, 0.05) is 22.3 Å². The fourth-order valence-electron chi connectivity index (χ4n) is 2.09. The molecule has 1 N–H and O–H groups in total. The fourth-order valence-corrected chi connectivity index (χ4v) is 2.61. The Morgan fingerprint density at radius 3 is 2.85 bits per heavy atom. The molecule has 0 fully saturated rings. The lowest BCUT2D eigenvalue weighted by Gasteiger charge is -2.07. The van der Waals surface area contributed by atoms with E-state index in [4.69, 9.17) is 0 Å². The van der Waals surface area contributed by atoms with Gasteiger partial charge in [-0.2, -0.15) is 5.10 Å². The van der Waals surface area contributed by atoms with Crippen molar-refractivity contribution < 1.29 is 4.39 Å². The second-order valence-corrected chi connectivity index (χ2v) is 5.78. The van der Waals surface area contributed by atoms with Crippen molar-refractivity contribution >= 4 is 15.9 Å². The zero-order valence-corrected chi connectivity index (χ0v) is 13.4. The van der Waals surface area contributed by atoms with Crippen molar-refractivity contribution in [3.05, 3.63) is 51.5 Å². The first-order valence-electron chi connectivity index (χ1n) is 6.77. The molecule has 0 atom stereocenters. The number of rotatable bonds is 6. The van der Waals surface area contributed by atoms with Gasteiger partial charge in [0.2, 0.25) is 0 Å². The van der Waals surface area contributed by atoms with Gasteiger partial charge in [-0.1, -0.05) is 22.9 Å². The molecule has 0 aliphatic heterocycles. The first-order valence-corrected chi connectivity index (χ1v) is 7.56. The maximum atomic E-state index is 13.4. The van der Waals surface area contributed by atoms with Crippen LogP contribution in [0, 0.1) is 12.7 Å². The number of aromatic nitrogens is 2. The second kappa shape index (κ2) is 6.99. The summed E-state index contributed by atoms with van der Waals surface area (Å²) in [4.78, 5) is 0. The van der Waals surface area contributed by atoms with Crippen LogP contribution in [-0.4, -0.2) is 16.3 Å². The van der Waals surface area contributed by atoms with Crippen molar-refractivity contribution in [2.45, 2.75) is 33.4 Å². The van der Waals surface area contributed by atoms with Crippen molar-refractivity contribution in [2.24, 2.45) is 0 Å². The standard InChI is InChI=1S/C15H19BrFN3/c1-3-4-18-8-13-9-19-20(11(13)2)10-12-5-14(16)7-15(17)6-12/h5-7,9,18H,3-4,8,10H2,1-2H3. The molecule has 0 saturated carbocycles. The molecule has 0 aliphatic rings. The molecular weight excluding hydrogens is 321 g/mol.